The summed E-state index contributed by atoms with van der Waals surface area (Å²) in [5, 5.41) is 6.49. The second-order valence-corrected chi connectivity index (χ2v) is 7.48. The van der Waals surface area contributed by atoms with E-state index < -0.39 is 12.1 Å². The normalized spacial score (nSPS) is 17.3. The molecule has 2 aliphatic heterocycles. The van der Waals surface area contributed by atoms with E-state index in [-0.39, 0.29) is 38.0 Å². The van der Waals surface area contributed by atoms with E-state index in [1.807, 2.05) is 30.5 Å². The summed E-state index contributed by atoms with van der Waals surface area (Å²) in [4.78, 5) is 41.6. The number of rotatable bonds is 6. The Labute approximate surface area is 177 Å². The number of carbonyl (C=O) groups is 3. The van der Waals surface area contributed by atoms with Crippen LogP contribution in [0.5, 0.6) is 11.5 Å². The predicted octanol–water partition coefficient (Wildman–Crippen LogP) is 2.74. The molecule has 0 saturated carbocycles. The van der Waals surface area contributed by atoms with Gasteiger partial charge in [-0.1, -0.05) is 6.07 Å². The van der Waals surface area contributed by atoms with Crippen molar-refractivity contribution in [1.29, 1.82) is 0 Å². The molecule has 0 aliphatic carbocycles. The summed E-state index contributed by atoms with van der Waals surface area (Å²) in [7, 11) is 0. The van der Waals surface area contributed by atoms with Crippen molar-refractivity contribution in [2.24, 2.45) is 0 Å². The number of ether oxygens (including phenoxy) is 2. The lowest BCUT2D eigenvalue weighted by Crippen LogP contribution is -2.31. The van der Waals surface area contributed by atoms with Crippen LogP contribution in [0, 0.1) is 0 Å². The number of carbonyl (C=O) groups excluding carboxylic acids is 3. The molecule has 9 nitrogen and oxygen atoms in total. The fourth-order valence-corrected chi connectivity index (χ4v) is 3.77. The molecule has 4 amide bonds. The lowest BCUT2D eigenvalue weighted by molar-refractivity contribution is -0.128. The molecule has 31 heavy (non-hydrogen) atoms. The summed E-state index contributed by atoms with van der Waals surface area (Å²) < 4.78 is 10.6. The molecule has 158 valence electrons. The van der Waals surface area contributed by atoms with Gasteiger partial charge in [0.25, 0.3) is 5.91 Å². The molecule has 2 aromatic carbocycles. The van der Waals surface area contributed by atoms with Crippen molar-refractivity contribution in [2.45, 2.75) is 25.4 Å². The highest BCUT2D eigenvalue weighted by Crippen LogP contribution is 2.33. The summed E-state index contributed by atoms with van der Waals surface area (Å²) in [5.74, 6) is 0.673. The molecule has 3 aromatic rings. The number of hydrogen-bond acceptors (Lipinski definition) is 5. The van der Waals surface area contributed by atoms with Crippen molar-refractivity contribution in [3.8, 4) is 11.5 Å². The number of imide groups is 1. The maximum absolute atomic E-state index is 12.7. The average molecular weight is 420 g/mol. The van der Waals surface area contributed by atoms with E-state index in [9.17, 15) is 14.4 Å². The quantitative estimate of drug-likeness (QED) is 0.531. The first-order valence-corrected chi connectivity index (χ1v) is 9.94. The fraction of sp³-hybridized carbons (Fsp3) is 0.227. The number of anilines is 1. The highest BCUT2D eigenvalue weighted by Gasteiger charge is 2.38. The number of H-pyrrole nitrogens is 1. The Bertz CT molecular complexity index is 1190. The van der Waals surface area contributed by atoms with Crippen LogP contribution in [0.3, 0.4) is 0 Å². The maximum Gasteiger partial charge on any atom is 0.325 e. The minimum Gasteiger partial charge on any atom is -0.454 e. The number of nitrogens with one attached hydrogen (secondary N) is 3. The highest BCUT2D eigenvalue weighted by molar-refractivity contribution is 6.04. The number of aromatic amines is 1. The number of aromatic nitrogens is 1. The molecular formula is C22H20N4O5. The van der Waals surface area contributed by atoms with Crippen LogP contribution in [0.2, 0.25) is 0 Å². The van der Waals surface area contributed by atoms with E-state index in [4.69, 9.17) is 9.47 Å². The van der Waals surface area contributed by atoms with Crippen molar-refractivity contribution >= 4 is 34.4 Å². The maximum atomic E-state index is 12.7. The van der Waals surface area contributed by atoms with Crippen LogP contribution in [0.4, 0.5) is 10.5 Å². The van der Waals surface area contributed by atoms with Gasteiger partial charge in [0.1, 0.15) is 6.04 Å². The van der Waals surface area contributed by atoms with Gasteiger partial charge >= 0.3 is 6.03 Å². The third-order valence-corrected chi connectivity index (χ3v) is 5.38. The van der Waals surface area contributed by atoms with Crippen LogP contribution < -0.4 is 20.1 Å². The number of urea groups is 1. The molecule has 0 spiro atoms. The van der Waals surface area contributed by atoms with Gasteiger partial charge in [0, 0.05) is 29.2 Å². The molecule has 3 heterocycles. The van der Waals surface area contributed by atoms with E-state index in [0.717, 1.165) is 21.4 Å². The molecule has 5 rings (SSSR count). The van der Waals surface area contributed by atoms with E-state index >= 15 is 0 Å². The van der Waals surface area contributed by atoms with Gasteiger partial charge < -0.3 is 25.1 Å². The Morgan fingerprint density at radius 2 is 1.97 bits per heavy atom. The summed E-state index contributed by atoms with van der Waals surface area (Å²) >= 11 is 0. The van der Waals surface area contributed by atoms with Gasteiger partial charge in [-0.3, -0.25) is 14.5 Å². The predicted molar refractivity (Wildman–Crippen MR) is 112 cm³/mol. The first-order chi connectivity index (χ1) is 15.1. The Kier molecular flexibility index (Phi) is 4.70. The third-order valence-electron chi connectivity index (χ3n) is 5.38. The van der Waals surface area contributed by atoms with Crippen molar-refractivity contribution < 1.29 is 23.9 Å². The summed E-state index contributed by atoms with van der Waals surface area (Å²) in [6.07, 6.45) is 2.17. The molecule has 1 aromatic heterocycles. The van der Waals surface area contributed by atoms with E-state index in [2.05, 4.69) is 15.6 Å². The van der Waals surface area contributed by atoms with Crippen LogP contribution in [0.25, 0.3) is 10.9 Å². The zero-order valence-corrected chi connectivity index (χ0v) is 16.5. The molecule has 1 unspecified atom stereocenters. The van der Waals surface area contributed by atoms with Gasteiger partial charge in [-0.2, -0.15) is 0 Å². The summed E-state index contributed by atoms with van der Waals surface area (Å²) in [6, 6.07) is 11.6. The van der Waals surface area contributed by atoms with Crippen LogP contribution in [-0.2, 0) is 16.1 Å². The average Bonchev–Trinajstić information content (AvgIpc) is 3.47. The van der Waals surface area contributed by atoms with Crippen LogP contribution in [0.1, 0.15) is 18.4 Å². The fourth-order valence-electron chi connectivity index (χ4n) is 3.77. The Morgan fingerprint density at radius 3 is 2.87 bits per heavy atom. The number of hydrogen-bond donors (Lipinski definition) is 3. The van der Waals surface area contributed by atoms with Crippen molar-refractivity contribution in [3.05, 3.63) is 54.2 Å². The standard InChI is InChI=1S/C22H20N4O5/c27-20(24-15-2-3-16-14(10-15)7-8-23-16)6-4-17-21(28)26(22(29)25-17)11-13-1-5-18-19(9-13)31-12-30-18/h1-3,5,7-10,17,23H,4,6,11-12H2,(H,24,27)(H,25,29). The third kappa shape index (κ3) is 3.77. The first kappa shape index (κ1) is 19.0. The molecule has 9 heteroatoms. The second-order valence-electron chi connectivity index (χ2n) is 7.48. The van der Waals surface area contributed by atoms with Crippen LogP contribution in [0.15, 0.2) is 48.7 Å². The van der Waals surface area contributed by atoms with Gasteiger partial charge in [-0.05, 0) is 48.4 Å². The molecular weight excluding hydrogens is 400 g/mol. The highest BCUT2D eigenvalue weighted by atomic mass is 16.7. The summed E-state index contributed by atoms with van der Waals surface area (Å²) in [5.41, 5.74) is 2.43. The van der Waals surface area contributed by atoms with Crippen molar-refractivity contribution in [1.82, 2.24) is 15.2 Å². The Hall–Kier alpha value is -4.01. The number of amides is 4. The summed E-state index contributed by atoms with van der Waals surface area (Å²) in [6.45, 7) is 0.284. The zero-order chi connectivity index (χ0) is 21.4. The van der Waals surface area contributed by atoms with E-state index in [1.54, 1.807) is 18.2 Å². The van der Waals surface area contributed by atoms with Gasteiger partial charge in [-0.25, -0.2) is 4.79 Å². The number of fused-ring (bicyclic) bond motifs is 2. The van der Waals surface area contributed by atoms with Crippen LogP contribution in [-0.4, -0.2) is 40.6 Å². The molecule has 1 fully saturated rings. The molecule has 1 saturated heterocycles. The van der Waals surface area contributed by atoms with Crippen molar-refractivity contribution in [3.63, 3.8) is 0 Å². The topological polar surface area (TPSA) is 113 Å². The zero-order valence-electron chi connectivity index (χ0n) is 16.5. The first-order valence-electron chi connectivity index (χ1n) is 9.94. The van der Waals surface area contributed by atoms with Gasteiger partial charge in [0.05, 0.1) is 6.54 Å². The minimum atomic E-state index is -0.723. The van der Waals surface area contributed by atoms with Crippen LogP contribution >= 0.6 is 0 Å². The smallest absolute Gasteiger partial charge is 0.325 e. The van der Waals surface area contributed by atoms with Gasteiger partial charge in [0.2, 0.25) is 12.7 Å². The lowest BCUT2D eigenvalue weighted by Gasteiger charge is -2.13. The van der Waals surface area contributed by atoms with Gasteiger partial charge in [-0.15, -0.1) is 0 Å². The molecule has 3 N–H and O–H groups in total. The molecule has 0 radical (unpaired) electrons. The number of benzene rings is 2. The Morgan fingerprint density at radius 1 is 1.10 bits per heavy atom. The molecule has 0 bridgehead atoms. The molecule has 1 atom stereocenters. The monoisotopic (exact) mass is 420 g/mol. The van der Waals surface area contributed by atoms with Gasteiger partial charge in [0.15, 0.2) is 11.5 Å². The Balaban J connectivity index is 1.17. The second kappa shape index (κ2) is 7.67. The lowest BCUT2D eigenvalue weighted by atomic mass is 10.1. The van der Waals surface area contributed by atoms with E-state index in [1.165, 1.54) is 0 Å². The largest absolute Gasteiger partial charge is 0.454 e. The molecule has 2 aliphatic rings. The number of nitrogens with zero attached hydrogens (tertiary/aromatic N) is 1. The van der Waals surface area contributed by atoms with Crippen molar-refractivity contribution in [2.75, 3.05) is 12.1 Å². The SMILES string of the molecule is O=C(CCC1NC(=O)N(Cc2ccc3c(c2)OCO3)C1=O)Nc1ccc2[nH]ccc2c1. The minimum absolute atomic E-state index is 0.111. The van der Waals surface area contributed by atoms with E-state index in [0.29, 0.717) is 17.2 Å².